The molecule has 2 atom stereocenters. The van der Waals surface area contributed by atoms with Gasteiger partial charge < -0.3 is 16.0 Å². The van der Waals surface area contributed by atoms with Crippen LogP contribution in [-0.4, -0.2) is 21.4 Å². The van der Waals surface area contributed by atoms with Crippen LogP contribution in [0.5, 0.6) is 0 Å². The summed E-state index contributed by atoms with van der Waals surface area (Å²) in [6.07, 6.45) is 7.44. The number of rotatable bonds is 3. The van der Waals surface area contributed by atoms with Crippen molar-refractivity contribution in [2.24, 2.45) is 11.7 Å². The first-order valence-corrected chi connectivity index (χ1v) is 6.14. The van der Waals surface area contributed by atoms with Crippen LogP contribution in [0, 0.1) is 5.92 Å². The molecule has 4 N–H and O–H groups in total. The predicted octanol–water partition coefficient (Wildman–Crippen LogP) is 0.933. The van der Waals surface area contributed by atoms with E-state index < -0.39 is 0 Å². The van der Waals surface area contributed by atoms with E-state index in [0.717, 1.165) is 31.5 Å². The second-order valence-electron chi connectivity index (χ2n) is 5.06. The molecule has 94 valence electrons. The number of nitrogens with two attached hydrogens (primary N) is 1. The van der Waals surface area contributed by atoms with Crippen LogP contribution in [0.2, 0.25) is 0 Å². The lowest BCUT2D eigenvalue weighted by molar-refractivity contribution is -0.128. The fraction of sp³-hybridized carbons (Fsp3) is 0.667. The molecule has 2 rings (SSSR count). The van der Waals surface area contributed by atoms with Crippen LogP contribution in [0.15, 0.2) is 12.4 Å². The molecule has 0 aliphatic heterocycles. The summed E-state index contributed by atoms with van der Waals surface area (Å²) in [5.41, 5.74) is 5.82. The number of nitrogens with one attached hydrogen (secondary N) is 2. The molecular formula is C12H20N4O. The maximum Gasteiger partial charge on any atom is 0.225 e. The maximum absolute atomic E-state index is 12.1. The topological polar surface area (TPSA) is 83.8 Å². The Bertz CT molecular complexity index is 372. The first kappa shape index (κ1) is 12.1. The summed E-state index contributed by atoms with van der Waals surface area (Å²) >= 11 is 0. The van der Waals surface area contributed by atoms with Gasteiger partial charge in [0.2, 0.25) is 5.91 Å². The van der Waals surface area contributed by atoms with Crippen LogP contribution < -0.4 is 11.1 Å². The molecule has 1 saturated carbocycles. The number of nitrogens with zero attached hydrogens (tertiary/aromatic N) is 1. The number of H-pyrrole nitrogens is 1. The summed E-state index contributed by atoms with van der Waals surface area (Å²) in [7, 11) is 0. The van der Waals surface area contributed by atoms with E-state index in [2.05, 4.69) is 15.3 Å². The Hall–Kier alpha value is -1.36. The Morgan fingerprint density at radius 3 is 3.18 bits per heavy atom. The maximum atomic E-state index is 12.1. The zero-order chi connectivity index (χ0) is 12.3. The van der Waals surface area contributed by atoms with Gasteiger partial charge in [0.1, 0.15) is 5.82 Å². The fourth-order valence-corrected chi connectivity index (χ4v) is 2.48. The van der Waals surface area contributed by atoms with E-state index in [0.29, 0.717) is 6.54 Å². The van der Waals surface area contributed by atoms with Crippen LogP contribution in [0.3, 0.4) is 0 Å². The summed E-state index contributed by atoms with van der Waals surface area (Å²) < 4.78 is 0. The zero-order valence-corrected chi connectivity index (χ0v) is 10.2. The number of carbonyl (C=O) groups is 1. The fourth-order valence-electron chi connectivity index (χ4n) is 2.48. The van der Waals surface area contributed by atoms with Gasteiger partial charge in [-0.3, -0.25) is 4.79 Å². The molecule has 0 saturated heterocycles. The Morgan fingerprint density at radius 1 is 1.71 bits per heavy atom. The summed E-state index contributed by atoms with van der Waals surface area (Å²) in [4.78, 5) is 19.1. The SMILES string of the molecule is CC1(N)CCCCC1C(=O)NCc1ncc[nH]1. The van der Waals surface area contributed by atoms with Gasteiger partial charge in [0.25, 0.3) is 0 Å². The second-order valence-corrected chi connectivity index (χ2v) is 5.06. The van der Waals surface area contributed by atoms with Gasteiger partial charge in [-0.15, -0.1) is 0 Å². The summed E-state index contributed by atoms with van der Waals surface area (Å²) in [6.45, 7) is 2.42. The third kappa shape index (κ3) is 2.85. The molecule has 0 aromatic carbocycles. The molecule has 1 aromatic rings. The van der Waals surface area contributed by atoms with Gasteiger partial charge in [-0.05, 0) is 19.8 Å². The standard InChI is InChI=1S/C12H20N4O/c1-12(13)5-3-2-4-9(12)11(17)16-8-10-14-6-7-15-10/h6-7,9H,2-5,8,13H2,1H3,(H,14,15)(H,16,17). The van der Waals surface area contributed by atoms with E-state index in [-0.39, 0.29) is 17.4 Å². The van der Waals surface area contributed by atoms with Gasteiger partial charge in [0.15, 0.2) is 0 Å². The lowest BCUT2D eigenvalue weighted by Crippen LogP contribution is -2.52. The highest BCUT2D eigenvalue weighted by molar-refractivity contribution is 5.80. The van der Waals surface area contributed by atoms with Gasteiger partial charge in [0.05, 0.1) is 12.5 Å². The normalized spacial score (nSPS) is 28.9. The lowest BCUT2D eigenvalue weighted by atomic mass is 9.74. The Labute approximate surface area is 101 Å². The van der Waals surface area contributed by atoms with Crippen molar-refractivity contribution >= 4 is 5.91 Å². The highest BCUT2D eigenvalue weighted by Crippen LogP contribution is 2.31. The molecule has 1 fully saturated rings. The van der Waals surface area contributed by atoms with Gasteiger partial charge in [-0.2, -0.15) is 0 Å². The van der Waals surface area contributed by atoms with E-state index in [1.54, 1.807) is 12.4 Å². The Balaban J connectivity index is 1.90. The van der Waals surface area contributed by atoms with Crippen molar-refractivity contribution in [2.75, 3.05) is 0 Å². The lowest BCUT2D eigenvalue weighted by Gasteiger charge is -2.37. The van der Waals surface area contributed by atoms with Crippen LogP contribution >= 0.6 is 0 Å². The molecule has 5 heteroatoms. The third-order valence-corrected chi connectivity index (χ3v) is 3.56. The molecule has 0 radical (unpaired) electrons. The number of aromatic nitrogens is 2. The van der Waals surface area contributed by atoms with Crippen molar-refractivity contribution in [3.63, 3.8) is 0 Å². The quantitative estimate of drug-likeness (QED) is 0.730. The largest absolute Gasteiger partial charge is 0.349 e. The highest BCUT2D eigenvalue weighted by Gasteiger charge is 2.37. The summed E-state index contributed by atoms with van der Waals surface area (Å²) in [6, 6.07) is 0. The minimum atomic E-state index is -0.370. The number of carbonyl (C=O) groups excluding carboxylic acids is 1. The first-order chi connectivity index (χ1) is 8.09. The van der Waals surface area contributed by atoms with E-state index in [1.165, 1.54) is 0 Å². The van der Waals surface area contributed by atoms with Crippen molar-refractivity contribution in [1.82, 2.24) is 15.3 Å². The van der Waals surface area contributed by atoms with Crippen molar-refractivity contribution in [1.29, 1.82) is 0 Å². The molecule has 1 amide bonds. The number of aromatic amines is 1. The minimum Gasteiger partial charge on any atom is -0.349 e. The number of hydrogen-bond donors (Lipinski definition) is 3. The summed E-state index contributed by atoms with van der Waals surface area (Å²) in [5, 5.41) is 2.90. The molecule has 17 heavy (non-hydrogen) atoms. The molecule has 1 heterocycles. The van der Waals surface area contributed by atoms with Crippen LogP contribution in [0.1, 0.15) is 38.4 Å². The molecule has 2 unspecified atom stereocenters. The molecule has 0 bridgehead atoms. The van der Waals surface area contributed by atoms with Crippen LogP contribution in [-0.2, 0) is 11.3 Å². The highest BCUT2D eigenvalue weighted by atomic mass is 16.1. The van der Waals surface area contributed by atoms with E-state index in [1.807, 2.05) is 6.92 Å². The molecular weight excluding hydrogens is 216 g/mol. The smallest absolute Gasteiger partial charge is 0.225 e. The molecule has 5 nitrogen and oxygen atoms in total. The van der Waals surface area contributed by atoms with Crippen LogP contribution in [0.25, 0.3) is 0 Å². The van der Waals surface area contributed by atoms with Gasteiger partial charge in [-0.1, -0.05) is 12.8 Å². The van der Waals surface area contributed by atoms with Gasteiger partial charge in [-0.25, -0.2) is 4.98 Å². The number of amides is 1. The van der Waals surface area contributed by atoms with Crippen molar-refractivity contribution in [3.8, 4) is 0 Å². The Kier molecular flexibility index (Phi) is 3.47. The molecule has 1 aliphatic rings. The van der Waals surface area contributed by atoms with Gasteiger partial charge >= 0.3 is 0 Å². The molecule has 0 spiro atoms. The van der Waals surface area contributed by atoms with Crippen molar-refractivity contribution in [3.05, 3.63) is 18.2 Å². The van der Waals surface area contributed by atoms with E-state index in [4.69, 9.17) is 5.73 Å². The Morgan fingerprint density at radius 2 is 2.53 bits per heavy atom. The zero-order valence-electron chi connectivity index (χ0n) is 10.2. The van der Waals surface area contributed by atoms with Crippen molar-refractivity contribution in [2.45, 2.75) is 44.7 Å². The third-order valence-electron chi connectivity index (χ3n) is 3.56. The average molecular weight is 236 g/mol. The van der Waals surface area contributed by atoms with E-state index in [9.17, 15) is 4.79 Å². The van der Waals surface area contributed by atoms with Crippen molar-refractivity contribution < 1.29 is 4.79 Å². The minimum absolute atomic E-state index is 0.0473. The predicted molar refractivity (Wildman–Crippen MR) is 65.0 cm³/mol. The summed E-state index contributed by atoms with van der Waals surface area (Å²) in [5.74, 6) is 0.741. The van der Waals surface area contributed by atoms with E-state index >= 15 is 0 Å². The molecule has 1 aromatic heterocycles. The first-order valence-electron chi connectivity index (χ1n) is 6.14. The van der Waals surface area contributed by atoms with Gasteiger partial charge in [0, 0.05) is 17.9 Å². The second kappa shape index (κ2) is 4.87. The number of hydrogen-bond acceptors (Lipinski definition) is 3. The molecule has 1 aliphatic carbocycles. The monoisotopic (exact) mass is 236 g/mol. The average Bonchev–Trinajstić information content (AvgIpc) is 2.78. The van der Waals surface area contributed by atoms with Crippen LogP contribution in [0.4, 0.5) is 0 Å². The number of imidazole rings is 1.